The largest absolute Gasteiger partial charge is 0.491 e. The van der Waals surface area contributed by atoms with Crippen molar-refractivity contribution >= 4 is 22.6 Å². The Morgan fingerprint density at radius 3 is 2.67 bits per heavy atom. The SMILES string of the molecule is Nc1nccc2cc(OC(=O)C(F)(F)F)ccc12. The quantitative estimate of drug-likeness (QED) is 0.628. The summed E-state index contributed by atoms with van der Waals surface area (Å²) in [5, 5.41) is 1.11. The number of carbonyl (C=O) groups is 1. The monoisotopic (exact) mass is 256 g/mol. The number of rotatable bonds is 1. The predicted molar refractivity (Wildman–Crippen MR) is 57.8 cm³/mol. The summed E-state index contributed by atoms with van der Waals surface area (Å²) < 4.78 is 40.2. The normalized spacial score (nSPS) is 11.5. The molecule has 4 nitrogen and oxygen atoms in total. The van der Waals surface area contributed by atoms with Crippen LogP contribution in [0.3, 0.4) is 0 Å². The third-order valence-corrected chi connectivity index (χ3v) is 2.21. The van der Waals surface area contributed by atoms with E-state index in [9.17, 15) is 18.0 Å². The molecule has 1 heterocycles. The Labute approximate surface area is 99.2 Å². The van der Waals surface area contributed by atoms with E-state index < -0.39 is 12.1 Å². The van der Waals surface area contributed by atoms with Gasteiger partial charge in [0.25, 0.3) is 0 Å². The summed E-state index contributed by atoms with van der Waals surface area (Å²) in [5.74, 6) is -2.21. The van der Waals surface area contributed by atoms with Gasteiger partial charge in [0.1, 0.15) is 11.6 Å². The molecule has 0 saturated heterocycles. The maximum Gasteiger partial charge on any atom is 0.491 e. The molecule has 7 heteroatoms. The number of esters is 1. The van der Waals surface area contributed by atoms with Crippen molar-refractivity contribution in [3.05, 3.63) is 30.5 Å². The Bertz CT molecular complexity index is 611. The highest BCUT2D eigenvalue weighted by Gasteiger charge is 2.41. The molecule has 0 bridgehead atoms. The zero-order valence-corrected chi connectivity index (χ0v) is 8.86. The summed E-state index contributed by atoms with van der Waals surface area (Å²) >= 11 is 0. The summed E-state index contributed by atoms with van der Waals surface area (Å²) in [6.07, 6.45) is -3.61. The molecule has 0 aliphatic carbocycles. The summed E-state index contributed by atoms with van der Waals surface area (Å²) in [4.78, 5) is 14.5. The van der Waals surface area contributed by atoms with E-state index in [0.717, 1.165) is 0 Å². The number of alkyl halides is 3. The van der Waals surface area contributed by atoms with Crippen molar-refractivity contribution in [2.45, 2.75) is 6.18 Å². The second kappa shape index (κ2) is 4.17. The first-order valence-electron chi connectivity index (χ1n) is 4.81. The summed E-state index contributed by atoms with van der Waals surface area (Å²) in [6.45, 7) is 0. The Morgan fingerprint density at radius 1 is 1.28 bits per heavy atom. The second-order valence-electron chi connectivity index (χ2n) is 3.47. The van der Waals surface area contributed by atoms with Gasteiger partial charge in [-0.2, -0.15) is 13.2 Å². The van der Waals surface area contributed by atoms with E-state index in [1.54, 1.807) is 6.07 Å². The zero-order chi connectivity index (χ0) is 13.3. The van der Waals surface area contributed by atoms with E-state index in [1.807, 2.05) is 0 Å². The highest BCUT2D eigenvalue weighted by Crippen LogP contribution is 2.25. The molecule has 0 spiro atoms. The lowest BCUT2D eigenvalue weighted by atomic mass is 10.1. The van der Waals surface area contributed by atoms with E-state index in [0.29, 0.717) is 10.8 Å². The van der Waals surface area contributed by atoms with Crippen molar-refractivity contribution in [1.29, 1.82) is 0 Å². The van der Waals surface area contributed by atoms with E-state index in [-0.39, 0.29) is 11.6 Å². The van der Waals surface area contributed by atoms with E-state index in [2.05, 4.69) is 9.72 Å². The maximum atomic E-state index is 12.0. The van der Waals surface area contributed by atoms with Crippen LogP contribution < -0.4 is 10.5 Å². The van der Waals surface area contributed by atoms with Gasteiger partial charge in [-0.15, -0.1) is 0 Å². The molecule has 18 heavy (non-hydrogen) atoms. The number of hydrogen-bond acceptors (Lipinski definition) is 4. The summed E-state index contributed by atoms with van der Waals surface area (Å²) in [7, 11) is 0. The van der Waals surface area contributed by atoms with Crippen LogP contribution in [0.5, 0.6) is 5.75 Å². The van der Waals surface area contributed by atoms with Gasteiger partial charge in [-0.3, -0.25) is 0 Å². The first kappa shape index (κ1) is 12.2. The Kier molecular flexibility index (Phi) is 2.82. The number of ether oxygens (including phenoxy) is 1. The van der Waals surface area contributed by atoms with E-state index in [4.69, 9.17) is 5.73 Å². The van der Waals surface area contributed by atoms with Gasteiger partial charge in [0.2, 0.25) is 0 Å². The van der Waals surface area contributed by atoms with Crippen LogP contribution >= 0.6 is 0 Å². The van der Waals surface area contributed by atoms with Crippen LogP contribution in [0, 0.1) is 0 Å². The van der Waals surface area contributed by atoms with Crippen LogP contribution in [-0.4, -0.2) is 17.1 Å². The number of anilines is 1. The van der Waals surface area contributed by atoms with Crippen molar-refractivity contribution in [2.75, 3.05) is 5.73 Å². The second-order valence-corrected chi connectivity index (χ2v) is 3.47. The molecule has 0 unspecified atom stereocenters. The smallest absolute Gasteiger partial charge is 0.420 e. The van der Waals surface area contributed by atoms with Gasteiger partial charge in [0.05, 0.1) is 0 Å². The molecular weight excluding hydrogens is 249 g/mol. The van der Waals surface area contributed by atoms with Crippen molar-refractivity contribution in [1.82, 2.24) is 4.98 Å². The Hall–Kier alpha value is -2.31. The van der Waals surface area contributed by atoms with Gasteiger partial charge in [-0.25, -0.2) is 9.78 Å². The fourth-order valence-corrected chi connectivity index (χ4v) is 1.41. The highest BCUT2D eigenvalue weighted by atomic mass is 19.4. The van der Waals surface area contributed by atoms with Gasteiger partial charge in [-0.05, 0) is 29.7 Å². The maximum absolute atomic E-state index is 12.0. The summed E-state index contributed by atoms with van der Waals surface area (Å²) in [5.41, 5.74) is 5.58. The minimum atomic E-state index is -5.02. The first-order chi connectivity index (χ1) is 8.38. The van der Waals surface area contributed by atoms with Crippen LogP contribution in [0.25, 0.3) is 10.8 Å². The number of aromatic nitrogens is 1. The van der Waals surface area contributed by atoms with Crippen molar-refractivity contribution in [3.63, 3.8) is 0 Å². The lowest BCUT2D eigenvalue weighted by molar-refractivity contribution is -0.189. The third-order valence-electron chi connectivity index (χ3n) is 2.21. The lowest BCUT2D eigenvalue weighted by Crippen LogP contribution is -2.27. The van der Waals surface area contributed by atoms with E-state index in [1.165, 1.54) is 24.4 Å². The highest BCUT2D eigenvalue weighted by molar-refractivity contribution is 5.92. The topological polar surface area (TPSA) is 65.2 Å². The van der Waals surface area contributed by atoms with Crippen LogP contribution in [-0.2, 0) is 4.79 Å². The molecule has 2 aromatic rings. The molecule has 0 amide bonds. The van der Waals surface area contributed by atoms with Gasteiger partial charge in [0.15, 0.2) is 0 Å². The molecule has 2 N–H and O–H groups in total. The van der Waals surface area contributed by atoms with Crippen molar-refractivity contribution < 1.29 is 22.7 Å². The molecule has 0 aliphatic heterocycles. The van der Waals surface area contributed by atoms with Gasteiger partial charge < -0.3 is 10.5 Å². The van der Waals surface area contributed by atoms with Crippen molar-refractivity contribution in [3.8, 4) is 5.75 Å². The van der Waals surface area contributed by atoms with Crippen molar-refractivity contribution in [2.24, 2.45) is 0 Å². The molecular formula is C11H7F3N2O2. The molecule has 1 aromatic heterocycles. The van der Waals surface area contributed by atoms with E-state index >= 15 is 0 Å². The number of benzene rings is 1. The number of carbonyl (C=O) groups excluding carboxylic acids is 1. The molecule has 0 fully saturated rings. The minimum absolute atomic E-state index is 0.199. The number of hydrogen-bond donors (Lipinski definition) is 1. The molecule has 0 saturated carbocycles. The molecule has 0 aliphatic rings. The zero-order valence-electron chi connectivity index (χ0n) is 8.86. The Balaban J connectivity index is 2.34. The lowest BCUT2D eigenvalue weighted by Gasteiger charge is -2.08. The average molecular weight is 256 g/mol. The first-order valence-corrected chi connectivity index (χ1v) is 4.81. The summed E-state index contributed by atoms with van der Waals surface area (Å²) in [6, 6.07) is 5.51. The minimum Gasteiger partial charge on any atom is -0.420 e. The fourth-order valence-electron chi connectivity index (χ4n) is 1.41. The molecule has 0 atom stereocenters. The number of nitrogens with two attached hydrogens (primary N) is 1. The molecule has 2 rings (SSSR count). The number of pyridine rings is 1. The van der Waals surface area contributed by atoms with Crippen LogP contribution in [0.15, 0.2) is 30.5 Å². The van der Waals surface area contributed by atoms with Gasteiger partial charge >= 0.3 is 12.1 Å². The predicted octanol–water partition coefficient (Wildman–Crippen LogP) is 2.28. The molecule has 94 valence electrons. The van der Waals surface area contributed by atoms with Crippen LogP contribution in [0.2, 0.25) is 0 Å². The fraction of sp³-hybridized carbons (Fsp3) is 0.0909. The Morgan fingerprint density at radius 2 is 2.00 bits per heavy atom. The van der Waals surface area contributed by atoms with Gasteiger partial charge in [0, 0.05) is 11.6 Å². The number of nitrogens with zero attached hydrogens (tertiary/aromatic N) is 1. The van der Waals surface area contributed by atoms with Crippen LogP contribution in [0.1, 0.15) is 0 Å². The number of halogens is 3. The van der Waals surface area contributed by atoms with Crippen LogP contribution in [0.4, 0.5) is 19.0 Å². The average Bonchev–Trinajstić information content (AvgIpc) is 2.28. The third kappa shape index (κ3) is 2.34. The standard InChI is InChI=1S/C11H7F3N2O2/c12-11(13,14)10(17)18-7-1-2-8-6(5-7)3-4-16-9(8)15/h1-5H,(H2,15,16). The van der Waals surface area contributed by atoms with Gasteiger partial charge in [-0.1, -0.05) is 0 Å². The molecule has 1 aromatic carbocycles. The molecule has 0 radical (unpaired) electrons. The number of fused-ring (bicyclic) bond motifs is 1. The number of nitrogen functional groups attached to an aromatic ring is 1.